The standard InChI is InChI=1S/C11H13F2N/c12-9-3-1-2-8(6-9)10-4-5-14-7-11(10)13/h1-3,6,10-11,14H,4-5,7H2. The number of alkyl halides is 1. The highest BCUT2D eigenvalue weighted by atomic mass is 19.1. The third-order valence-electron chi connectivity index (χ3n) is 2.68. The first-order chi connectivity index (χ1) is 6.77. The summed E-state index contributed by atoms with van der Waals surface area (Å²) < 4.78 is 26.4. The van der Waals surface area contributed by atoms with E-state index in [1.54, 1.807) is 12.1 Å². The maximum atomic E-state index is 13.5. The largest absolute Gasteiger partial charge is 0.314 e. The van der Waals surface area contributed by atoms with E-state index >= 15 is 0 Å². The average molecular weight is 197 g/mol. The summed E-state index contributed by atoms with van der Waals surface area (Å²) in [6.07, 6.45) is -0.157. The predicted molar refractivity (Wildman–Crippen MR) is 51.5 cm³/mol. The highest BCUT2D eigenvalue weighted by Crippen LogP contribution is 2.27. The van der Waals surface area contributed by atoms with Crippen LogP contribution in [0.5, 0.6) is 0 Å². The molecule has 1 saturated heterocycles. The van der Waals surface area contributed by atoms with Crippen molar-refractivity contribution in [3.63, 3.8) is 0 Å². The van der Waals surface area contributed by atoms with E-state index < -0.39 is 6.17 Å². The van der Waals surface area contributed by atoms with E-state index in [1.807, 2.05) is 0 Å². The molecule has 2 unspecified atom stereocenters. The Hall–Kier alpha value is -0.960. The van der Waals surface area contributed by atoms with Crippen LogP contribution in [0.1, 0.15) is 17.9 Å². The van der Waals surface area contributed by atoms with E-state index in [1.165, 1.54) is 12.1 Å². The number of hydrogen-bond acceptors (Lipinski definition) is 1. The number of benzene rings is 1. The van der Waals surface area contributed by atoms with Gasteiger partial charge in [0.05, 0.1) is 0 Å². The first kappa shape index (κ1) is 9.59. The van der Waals surface area contributed by atoms with Crippen LogP contribution in [0.25, 0.3) is 0 Å². The zero-order valence-corrected chi connectivity index (χ0v) is 7.84. The Morgan fingerprint density at radius 2 is 2.21 bits per heavy atom. The molecule has 2 rings (SSSR count). The Labute approximate surface area is 82.1 Å². The van der Waals surface area contributed by atoms with E-state index in [4.69, 9.17) is 0 Å². The number of nitrogens with one attached hydrogen (secondary N) is 1. The second-order valence-corrected chi connectivity index (χ2v) is 3.67. The lowest BCUT2D eigenvalue weighted by Crippen LogP contribution is -2.36. The molecule has 76 valence electrons. The van der Waals surface area contributed by atoms with Gasteiger partial charge >= 0.3 is 0 Å². The summed E-state index contributed by atoms with van der Waals surface area (Å²) >= 11 is 0. The van der Waals surface area contributed by atoms with Crippen LogP contribution in [-0.2, 0) is 0 Å². The predicted octanol–water partition coefficient (Wildman–Crippen LogP) is 2.24. The quantitative estimate of drug-likeness (QED) is 0.728. The van der Waals surface area contributed by atoms with Crippen molar-refractivity contribution in [2.75, 3.05) is 13.1 Å². The highest BCUT2D eigenvalue weighted by Gasteiger charge is 2.25. The molecular formula is C11H13F2N. The Morgan fingerprint density at radius 1 is 1.36 bits per heavy atom. The summed E-state index contributed by atoms with van der Waals surface area (Å²) in [7, 11) is 0. The molecule has 0 saturated carbocycles. The van der Waals surface area contributed by atoms with E-state index in [2.05, 4.69) is 5.32 Å². The van der Waals surface area contributed by atoms with E-state index in [9.17, 15) is 8.78 Å². The van der Waals surface area contributed by atoms with Crippen molar-refractivity contribution in [2.45, 2.75) is 18.5 Å². The van der Waals surface area contributed by atoms with Crippen LogP contribution in [0.2, 0.25) is 0 Å². The summed E-state index contributed by atoms with van der Waals surface area (Å²) in [4.78, 5) is 0. The third-order valence-corrected chi connectivity index (χ3v) is 2.68. The van der Waals surface area contributed by atoms with Gasteiger partial charge in [0, 0.05) is 12.5 Å². The second-order valence-electron chi connectivity index (χ2n) is 3.67. The maximum absolute atomic E-state index is 13.5. The molecule has 1 N–H and O–H groups in total. The number of halogens is 2. The summed E-state index contributed by atoms with van der Waals surface area (Å²) in [5, 5.41) is 2.98. The van der Waals surface area contributed by atoms with E-state index in [0.29, 0.717) is 6.54 Å². The van der Waals surface area contributed by atoms with Gasteiger partial charge in [-0.25, -0.2) is 8.78 Å². The number of hydrogen-bond donors (Lipinski definition) is 1. The fraction of sp³-hybridized carbons (Fsp3) is 0.455. The van der Waals surface area contributed by atoms with Gasteiger partial charge in [0.2, 0.25) is 0 Å². The SMILES string of the molecule is Fc1cccc(C2CCNCC2F)c1. The molecule has 0 amide bonds. The fourth-order valence-corrected chi connectivity index (χ4v) is 1.93. The molecule has 0 bridgehead atoms. The zero-order chi connectivity index (χ0) is 9.97. The lowest BCUT2D eigenvalue weighted by atomic mass is 9.89. The van der Waals surface area contributed by atoms with Crippen LogP contribution in [0, 0.1) is 5.82 Å². The molecule has 14 heavy (non-hydrogen) atoms. The van der Waals surface area contributed by atoms with Crippen molar-refractivity contribution >= 4 is 0 Å². The molecule has 1 aliphatic rings. The molecule has 0 radical (unpaired) electrons. The zero-order valence-electron chi connectivity index (χ0n) is 7.84. The minimum atomic E-state index is -0.898. The topological polar surface area (TPSA) is 12.0 Å². The summed E-state index contributed by atoms with van der Waals surface area (Å²) in [5.41, 5.74) is 0.777. The molecule has 0 aromatic heterocycles. The first-order valence-electron chi connectivity index (χ1n) is 4.87. The lowest BCUT2D eigenvalue weighted by Gasteiger charge is -2.26. The van der Waals surface area contributed by atoms with Gasteiger partial charge in [-0.2, -0.15) is 0 Å². The molecule has 0 aliphatic carbocycles. The van der Waals surface area contributed by atoms with Crippen molar-refractivity contribution in [3.8, 4) is 0 Å². The molecule has 2 atom stereocenters. The summed E-state index contributed by atoms with van der Waals surface area (Å²) in [6, 6.07) is 6.26. The Morgan fingerprint density at radius 3 is 2.93 bits per heavy atom. The van der Waals surface area contributed by atoms with Crippen LogP contribution in [-0.4, -0.2) is 19.3 Å². The molecular weight excluding hydrogens is 184 g/mol. The van der Waals surface area contributed by atoms with E-state index in [0.717, 1.165) is 18.5 Å². The average Bonchev–Trinajstić information content (AvgIpc) is 2.18. The molecule has 1 heterocycles. The molecule has 3 heteroatoms. The minimum absolute atomic E-state index is 0.146. The monoisotopic (exact) mass is 197 g/mol. The van der Waals surface area contributed by atoms with Crippen LogP contribution in [0.15, 0.2) is 24.3 Å². The van der Waals surface area contributed by atoms with Gasteiger partial charge in [0.1, 0.15) is 12.0 Å². The molecule has 1 aromatic carbocycles. The molecule has 1 fully saturated rings. The smallest absolute Gasteiger partial charge is 0.123 e. The van der Waals surface area contributed by atoms with Crippen molar-refractivity contribution in [2.24, 2.45) is 0 Å². The first-order valence-corrected chi connectivity index (χ1v) is 4.87. The summed E-state index contributed by atoms with van der Waals surface area (Å²) in [6.45, 7) is 1.18. The number of piperidine rings is 1. The van der Waals surface area contributed by atoms with Crippen molar-refractivity contribution in [1.29, 1.82) is 0 Å². The van der Waals surface area contributed by atoms with Gasteiger partial charge in [-0.1, -0.05) is 12.1 Å². The second kappa shape index (κ2) is 4.05. The molecule has 1 aromatic rings. The molecule has 0 spiro atoms. The normalized spacial score (nSPS) is 27.6. The van der Waals surface area contributed by atoms with Gasteiger partial charge < -0.3 is 5.32 Å². The van der Waals surface area contributed by atoms with Gasteiger partial charge in [0.25, 0.3) is 0 Å². The van der Waals surface area contributed by atoms with Gasteiger partial charge in [0.15, 0.2) is 0 Å². The van der Waals surface area contributed by atoms with Gasteiger partial charge in [-0.15, -0.1) is 0 Å². The Bertz CT molecular complexity index is 314. The Balaban J connectivity index is 2.20. The van der Waals surface area contributed by atoms with Crippen LogP contribution in [0.4, 0.5) is 8.78 Å². The van der Waals surface area contributed by atoms with Gasteiger partial charge in [-0.05, 0) is 30.7 Å². The third kappa shape index (κ3) is 1.93. The molecule has 1 aliphatic heterocycles. The molecule has 1 nitrogen and oxygen atoms in total. The maximum Gasteiger partial charge on any atom is 0.123 e. The summed E-state index contributed by atoms with van der Waals surface area (Å²) in [5.74, 6) is -0.430. The fourth-order valence-electron chi connectivity index (χ4n) is 1.93. The van der Waals surface area contributed by atoms with Crippen molar-refractivity contribution in [3.05, 3.63) is 35.6 Å². The van der Waals surface area contributed by atoms with E-state index in [-0.39, 0.29) is 11.7 Å². The van der Waals surface area contributed by atoms with Crippen LogP contribution < -0.4 is 5.32 Å². The Kier molecular flexibility index (Phi) is 2.77. The van der Waals surface area contributed by atoms with Crippen LogP contribution in [0.3, 0.4) is 0 Å². The lowest BCUT2D eigenvalue weighted by molar-refractivity contribution is 0.231. The van der Waals surface area contributed by atoms with Crippen molar-refractivity contribution in [1.82, 2.24) is 5.32 Å². The van der Waals surface area contributed by atoms with Crippen LogP contribution >= 0.6 is 0 Å². The highest BCUT2D eigenvalue weighted by molar-refractivity contribution is 5.22. The van der Waals surface area contributed by atoms with Crippen molar-refractivity contribution < 1.29 is 8.78 Å². The number of rotatable bonds is 1. The minimum Gasteiger partial charge on any atom is -0.314 e. The van der Waals surface area contributed by atoms with Gasteiger partial charge in [-0.3, -0.25) is 0 Å².